The van der Waals surface area contributed by atoms with E-state index in [0.29, 0.717) is 11.4 Å². The van der Waals surface area contributed by atoms with Gasteiger partial charge >= 0.3 is 0 Å². The molecule has 4 rings (SSSR count). The predicted molar refractivity (Wildman–Crippen MR) is 94.7 cm³/mol. The number of fused-ring (bicyclic) bond motifs is 1. The van der Waals surface area contributed by atoms with Crippen molar-refractivity contribution in [2.24, 2.45) is 0 Å². The molecule has 0 aliphatic carbocycles. The van der Waals surface area contributed by atoms with Crippen molar-refractivity contribution < 1.29 is 4.74 Å². The largest absolute Gasteiger partial charge is 0.397 e. The number of hydrogen-bond donors (Lipinski definition) is 4. The first-order valence-electron chi connectivity index (χ1n) is 7.85. The molecule has 2 aromatic rings. The molecule has 6 heteroatoms. The van der Waals surface area contributed by atoms with Crippen LogP contribution in [0.3, 0.4) is 0 Å². The summed E-state index contributed by atoms with van der Waals surface area (Å²) in [6.45, 7) is 3.44. The van der Waals surface area contributed by atoms with Gasteiger partial charge in [-0.25, -0.2) is 0 Å². The van der Waals surface area contributed by atoms with Crippen LogP contribution < -0.4 is 27.0 Å². The maximum atomic E-state index is 5.92. The third-order valence-corrected chi connectivity index (χ3v) is 4.42. The van der Waals surface area contributed by atoms with Gasteiger partial charge in [0.05, 0.1) is 36.0 Å². The zero-order chi connectivity index (χ0) is 15.8. The lowest BCUT2D eigenvalue weighted by Crippen LogP contribution is -2.36. The van der Waals surface area contributed by atoms with Crippen LogP contribution in [0.4, 0.5) is 28.4 Å². The minimum atomic E-state index is 0.00726. The molecule has 6 nitrogen and oxygen atoms in total. The summed E-state index contributed by atoms with van der Waals surface area (Å²) in [7, 11) is 0. The zero-order valence-electron chi connectivity index (χ0n) is 12.9. The van der Waals surface area contributed by atoms with E-state index in [4.69, 9.17) is 16.2 Å². The maximum Gasteiger partial charge on any atom is 0.123 e. The molecule has 2 aliphatic rings. The van der Waals surface area contributed by atoms with Gasteiger partial charge in [0.1, 0.15) is 6.17 Å². The van der Waals surface area contributed by atoms with Crippen molar-refractivity contribution in [3.63, 3.8) is 0 Å². The van der Waals surface area contributed by atoms with E-state index in [0.717, 1.165) is 43.2 Å². The van der Waals surface area contributed by atoms with Gasteiger partial charge in [-0.2, -0.15) is 0 Å². The standard InChI is InChI=1S/C17H21N5O/c18-13-3-1-11(9-14(13)19)17-20-15-4-2-12(10-16(15)21-17)22-5-7-23-8-6-22/h1-4,9-10,17,20-21H,5-8,18-19H2. The lowest BCUT2D eigenvalue weighted by Gasteiger charge is -2.29. The van der Waals surface area contributed by atoms with Crippen molar-refractivity contribution in [2.75, 3.05) is 53.3 Å². The van der Waals surface area contributed by atoms with Gasteiger partial charge in [0.25, 0.3) is 0 Å². The minimum Gasteiger partial charge on any atom is -0.397 e. The van der Waals surface area contributed by atoms with Gasteiger partial charge in [0.2, 0.25) is 0 Å². The number of benzene rings is 2. The van der Waals surface area contributed by atoms with Crippen molar-refractivity contribution in [3.05, 3.63) is 42.0 Å². The molecule has 1 unspecified atom stereocenters. The van der Waals surface area contributed by atoms with Crippen LogP contribution in [0.25, 0.3) is 0 Å². The van der Waals surface area contributed by atoms with Crippen LogP contribution in [0.2, 0.25) is 0 Å². The molecule has 23 heavy (non-hydrogen) atoms. The number of morpholine rings is 1. The first-order valence-corrected chi connectivity index (χ1v) is 7.85. The van der Waals surface area contributed by atoms with Gasteiger partial charge < -0.3 is 31.7 Å². The van der Waals surface area contributed by atoms with Crippen LogP contribution in [0.15, 0.2) is 36.4 Å². The summed E-state index contributed by atoms with van der Waals surface area (Å²) >= 11 is 0. The molecule has 6 N–H and O–H groups in total. The Hall–Kier alpha value is -2.60. The molecule has 0 amide bonds. The predicted octanol–water partition coefficient (Wildman–Crippen LogP) is 2.22. The average Bonchev–Trinajstić information content (AvgIpc) is 3.01. The molecule has 1 atom stereocenters. The van der Waals surface area contributed by atoms with Gasteiger partial charge in [-0.15, -0.1) is 0 Å². The van der Waals surface area contributed by atoms with Crippen molar-refractivity contribution in [2.45, 2.75) is 6.17 Å². The highest BCUT2D eigenvalue weighted by Crippen LogP contribution is 2.38. The molecule has 0 saturated carbocycles. The Morgan fingerprint density at radius 1 is 0.913 bits per heavy atom. The summed E-state index contributed by atoms with van der Waals surface area (Å²) in [4.78, 5) is 2.35. The number of rotatable bonds is 2. The van der Waals surface area contributed by atoms with Crippen molar-refractivity contribution in [1.29, 1.82) is 0 Å². The maximum absolute atomic E-state index is 5.92. The summed E-state index contributed by atoms with van der Waals surface area (Å²) in [6, 6.07) is 12.2. The molecule has 120 valence electrons. The fourth-order valence-electron chi connectivity index (χ4n) is 3.08. The van der Waals surface area contributed by atoms with E-state index in [1.54, 1.807) is 0 Å². The van der Waals surface area contributed by atoms with Gasteiger partial charge in [-0.1, -0.05) is 6.07 Å². The van der Waals surface area contributed by atoms with E-state index in [1.807, 2.05) is 18.2 Å². The number of anilines is 5. The fraction of sp³-hybridized carbons (Fsp3) is 0.294. The highest BCUT2D eigenvalue weighted by atomic mass is 16.5. The monoisotopic (exact) mass is 311 g/mol. The Bertz CT molecular complexity index is 727. The Balaban J connectivity index is 1.56. The summed E-state index contributed by atoms with van der Waals surface area (Å²) in [6.07, 6.45) is 0.00726. The third kappa shape index (κ3) is 2.61. The summed E-state index contributed by atoms with van der Waals surface area (Å²) in [5.41, 5.74) is 17.4. The lowest BCUT2D eigenvalue weighted by atomic mass is 10.1. The lowest BCUT2D eigenvalue weighted by molar-refractivity contribution is 0.122. The number of nitrogens with zero attached hydrogens (tertiary/aromatic N) is 1. The van der Waals surface area contributed by atoms with Gasteiger partial charge in [0.15, 0.2) is 0 Å². The highest BCUT2D eigenvalue weighted by Gasteiger charge is 2.22. The molecule has 0 bridgehead atoms. The minimum absolute atomic E-state index is 0.00726. The van der Waals surface area contributed by atoms with E-state index in [-0.39, 0.29) is 6.17 Å². The van der Waals surface area contributed by atoms with E-state index in [1.165, 1.54) is 5.69 Å². The fourth-order valence-corrected chi connectivity index (χ4v) is 3.08. The van der Waals surface area contributed by atoms with Crippen LogP contribution in [0.1, 0.15) is 11.7 Å². The quantitative estimate of drug-likeness (QED) is 0.636. The van der Waals surface area contributed by atoms with E-state index >= 15 is 0 Å². The van der Waals surface area contributed by atoms with Gasteiger partial charge in [0, 0.05) is 18.8 Å². The molecule has 0 radical (unpaired) electrons. The second kappa shape index (κ2) is 5.55. The Morgan fingerprint density at radius 2 is 1.70 bits per heavy atom. The van der Waals surface area contributed by atoms with Crippen LogP contribution in [0.5, 0.6) is 0 Å². The summed E-state index contributed by atoms with van der Waals surface area (Å²) in [5.74, 6) is 0. The number of hydrogen-bond acceptors (Lipinski definition) is 6. The normalized spacial score (nSPS) is 19.8. The summed E-state index contributed by atoms with van der Waals surface area (Å²) in [5, 5.41) is 6.99. The Labute approximate surface area is 135 Å². The van der Waals surface area contributed by atoms with Crippen LogP contribution >= 0.6 is 0 Å². The molecule has 0 spiro atoms. The van der Waals surface area contributed by atoms with Gasteiger partial charge in [-0.05, 0) is 35.9 Å². The Morgan fingerprint density at radius 3 is 2.48 bits per heavy atom. The van der Waals surface area contributed by atoms with Gasteiger partial charge in [-0.3, -0.25) is 0 Å². The Kier molecular flexibility index (Phi) is 3.38. The van der Waals surface area contributed by atoms with Crippen LogP contribution in [-0.4, -0.2) is 26.3 Å². The first-order chi connectivity index (χ1) is 11.2. The summed E-state index contributed by atoms with van der Waals surface area (Å²) < 4.78 is 5.42. The molecular formula is C17H21N5O. The average molecular weight is 311 g/mol. The van der Waals surface area contributed by atoms with Crippen molar-refractivity contribution >= 4 is 28.4 Å². The van der Waals surface area contributed by atoms with E-state index < -0.39 is 0 Å². The van der Waals surface area contributed by atoms with Crippen molar-refractivity contribution in [3.8, 4) is 0 Å². The number of nitrogens with two attached hydrogens (primary N) is 2. The third-order valence-electron chi connectivity index (χ3n) is 4.42. The molecule has 0 aromatic heterocycles. The van der Waals surface area contributed by atoms with Crippen LogP contribution in [-0.2, 0) is 4.74 Å². The molecule has 2 heterocycles. The number of nitrogens with one attached hydrogen (secondary N) is 2. The number of ether oxygens (including phenoxy) is 1. The number of nitrogen functional groups attached to an aromatic ring is 2. The first kappa shape index (κ1) is 14.0. The second-order valence-electron chi connectivity index (χ2n) is 5.94. The van der Waals surface area contributed by atoms with E-state index in [9.17, 15) is 0 Å². The molecule has 1 fully saturated rings. The van der Waals surface area contributed by atoms with E-state index in [2.05, 4.69) is 33.7 Å². The van der Waals surface area contributed by atoms with Crippen LogP contribution in [0, 0.1) is 0 Å². The molecule has 1 saturated heterocycles. The second-order valence-corrected chi connectivity index (χ2v) is 5.94. The molecule has 2 aromatic carbocycles. The molecular weight excluding hydrogens is 290 g/mol. The SMILES string of the molecule is Nc1ccc(C2Nc3ccc(N4CCOCC4)cc3N2)cc1N. The topological polar surface area (TPSA) is 88.6 Å². The zero-order valence-corrected chi connectivity index (χ0v) is 12.9. The smallest absolute Gasteiger partial charge is 0.123 e. The molecule has 2 aliphatic heterocycles. The van der Waals surface area contributed by atoms with Crippen molar-refractivity contribution in [1.82, 2.24) is 0 Å². The highest BCUT2D eigenvalue weighted by molar-refractivity contribution is 5.79.